The van der Waals surface area contributed by atoms with Crippen molar-refractivity contribution in [2.45, 2.75) is 0 Å². The van der Waals surface area contributed by atoms with E-state index >= 15 is 0 Å². The van der Waals surface area contributed by atoms with Gasteiger partial charge in [0.05, 0.1) is 12.8 Å². The molecule has 1 aliphatic rings. The Bertz CT molecular complexity index is 774. The highest BCUT2D eigenvalue weighted by atomic mass is 16.7. The minimum Gasteiger partial charge on any atom is -0.454 e. The minimum absolute atomic E-state index is 0.103. The Morgan fingerprint density at radius 3 is 2.76 bits per heavy atom. The molecule has 0 fully saturated rings. The van der Waals surface area contributed by atoms with Crippen molar-refractivity contribution in [1.82, 2.24) is 5.43 Å². The van der Waals surface area contributed by atoms with Gasteiger partial charge in [0, 0.05) is 24.8 Å². The molecule has 0 radical (unpaired) electrons. The smallest absolute Gasteiger partial charge is 0.271 e. The van der Waals surface area contributed by atoms with Gasteiger partial charge < -0.3 is 19.5 Å². The van der Waals surface area contributed by atoms with E-state index in [1.807, 2.05) is 36.2 Å². The molecule has 0 unspecified atom stereocenters. The zero-order valence-electron chi connectivity index (χ0n) is 13.8. The molecule has 7 heteroatoms. The van der Waals surface area contributed by atoms with Gasteiger partial charge >= 0.3 is 0 Å². The van der Waals surface area contributed by atoms with Crippen LogP contribution in [0.2, 0.25) is 0 Å². The minimum atomic E-state index is -0.325. The number of aliphatic hydroxyl groups excluding tert-OH is 1. The first-order valence-corrected chi connectivity index (χ1v) is 7.82. The van der Waals surface area contributed by atoms with Gasteiger partial charge in [-0.1, -0.05) is 12.1 Å². The van der Waals surface area contributed by atoms with Crippen LogP contribution in [0.1, 0.15) is 15.9 Å². The Morgan fingerprint density at radius 2 is 2.00 bits per heavy atom. The fraction of sp³-hybridized carbons (Fsp3) is 0.222. The Kier molecular flexibility index (Phi) is 5.15. The number of hydrogen-bond acceptors (Lipinski definition) is 6. The number of anilines is 1. The number of aliphatic hydroxyl groups is 1. The van der Waals surface area contributed by atoms with Gasteiger partial charge in [-0.15, -0.1) is 0 Å². The first kappa shape index (κ1) is 16.8. The van der Waals surface area contributed by atoms with Crippen LogP contribution in [0, 0.1) is 0 Å². The van der Waals surface area contributed by atoms with Crippen molar-refractivity contribution in [3.63, 3.8) is 0 Å². The van der Waals surface area contributed by atoms with Crippen molar-refractivity contribution in [2.75, 3.05) is 31.9 Å². The summed E-state index contributed by atoms with van der Waals surface area (Å²) in [6.45, 7) is 0.840. The second kappa shape index (κ2) is 7.67. The second-order valence-corrected chi connectivity index (χ2v) is 5.50. The van der Waals surface area contributed by atoms with E-state index in [0.29, 0.717) is 23.6 Å². The molecule has 0 saturated carbocycles. The van der Waals surface area contributed by atoms with Crippen molar-refractivity contribution in [2.24, 2.45) is 5.10 Å². The van der Waals surface area contributed by atoms with Crippen molar-refractivity contribution < 1.29 is 19.4 Å². The molecule has 1 heterocycles. The lowest BCUT2D eigenvalue weighted by Crippen LogP contribution is -2.20. The van der Waals surface area contributed by atoms with E-state index in [4.69, 9.17) is 14.6 Å². The number of amides is 1. The molecule has 0 bridgehead atoms. The van der Waals surface area contributed by atoms with Crippen LogP contribution in [0.4, 0.5) is 5.69 Å². The molecule has 0 saturated heterocycles. The van der Waals surface area contributed by atoms with E-state index in [0.717, 1.165) is 11.3 Å². The number of hydrogen-bond donors (Lipinski definition) is 2. The Labute approximate surface area is 145 Å². The van der Waals surface area contributed by atoms with Crippen LogP contribution in [0.3, 0.4) is 0 Å². The summed E-state index contributed by atoms with van der Waals surface area (Å²) in [6.07, 6.45) is 1.57. The number of carbonyl (C=O) groups is 1. The van der Waals surface area contributed by atoms with Gasteiger partial charge in [0.15, 0.2) is 11.5 Å². The average molecular weight is 341 g/mol. The monoisotopic (exact) mass is 341 g/mol. The van der Waals surface area contributed by atoms with Gasteiger partial charge in [0.25, 0.3) is 5.91 Å². The zero-order valence-corrected chi connectivity index (χ0v) is 13.8. The van der Waals surface area contributed by atoms with Gasteiger partial charge in [0.2, 0.25) is 6.79 Å². The highest BCUT2D eigenvalue weighted by Gasteiger charge is 2.15. The Balaban J connectivity index is 1.58. The molecule has 2 aromatic carbocycles. The third-order valence-electron chi connectivity index (χ3n) is 3.78. The number of nitrogens with one attached hydrogen (secondary N) is 1. The summed E-state index contributed by atoms with van der Waals surface area (Å²) >= 11 is 0. The van der Waals surface area contributed by atoms with E-state index in [2.05, 4.69) is 10.5 Å². The summed E-state index contributed by atoms with van der Waals surface area (Å²) in [6, 6.07) is 12.6. The van der Waals surface area contributed by atoms with E-state index in [1.165, 1.54) is 0 Å². The lowest BCUT2D eigenvalue weighted by molar-refractivity contribution is 0.0954. The maximum Gasteiger partial charge on any atom is 0.271 e. The summed E-state index contributed by atoms with van der Waals surface area (Å²) in [5.74, 6) is 0.861. The van der Waals surface area contributed by atoms with Crippen LogP contribution >= 0.6 is 0 Å². The van der Waals surface area contributed by atoms with Crippen LogP contribution in [-0.2, 0) is 0 Å². The highest BCUT2D eigenvalue weighted by molar-refractivity contribution is 5.95. The van der Waals surface area contributed by atoms with E-state index < -0.39 is 0 Å². The number of nitrogens with zero attached hydrogens (tertiary/aromatic N) is 2. The molecule has 0 atom stereocenters. The normalized spacial score (nSPS) is 12.4. The van der Waals surface area contributed by atoms with Gasteiger partial charge in [-0.3, -0.25) is 4.79 Å². The van der Waals surface area contributed by atoms with E-state index in [9.17, 15) is 4.79 Å². The van der Waals surface area contributed by atoms with Gasteiger partial charge in [0.1, 0.15) is 0 Å². The molecule has 3 rings (SSSR count). The third kappa shape index (κ3) is 4.07. The lowest BCUT2D eigenvalue weighted by atomic mass is 10.2. The van der Waals surface area contributed by atoms with Crippen molar-refractivity contribution in [3.8, 4) is 11.5 Å². The number of rotatable bonds is 6. The third-order valence-corrected chi connectivity index (χ3v) is 3.78. The second-order valence-electron chi connectivity index (χ2n) is 5.50. The van der Waals surface area contributed by atoms with Crippen LogP contribution < -0.4 is 19.8 Å². The van der Waals surface area contributed by atoms with E-state index in [1.54, 1.807) is 24.4 Å². The predicted molar refractivity (Wildman–Crippen MR) is 94.4 cm³/mol. The quantitative estimate of drug-likeness (QED) is 0.616. The number of hydrazone groups is 1. The number of carbonyl (C=O) groups excluding carboxylic acids is 1. The summed E-state index contributed by atoms with van der Waals surface area (Å²) < 4.78 is 10.5. The largest absolute Gasteiger partial charge is 0.454 e. The Morgan fingerprint density at radius 1 is 1.24 bits per heavy atom. The summed E-state index contributed by atoms with van der Waals surface area (Å²) in [5.41, 5.74) is 4.78. The molecule has 7 nitrogen and oxygen atoms in total. The standard InChI is InChI=1S/C18H19N3O4/c1-21(8-9-22)15-5-2-13(3-6-15)11-19-20-18(23)14-4-7-16-17(10-14)25-12-24-16/h2-7,10-11,22H,8-9,12H2,1H3,(H,20,23)/b19-11+. The number of ether oxygens (including phenoxy) is 2. The van der Waals surface area contributed by atoms with Crippen LogP contribution in [0.5, 0.6) is 11.5 Å². The molecular weight excluding hydrogens is 322 g/mol. The number of likely N-dealkylation sites (N-methyl/N-ethyl adjacent to an activating group) is 1. The average Bonchev–Trinajstić information content (AvgIpc) is 3.10. The number of fused-ring (bicyclic) bond motifs is 1. The molecule has 1 aliphatic heterocycles. The van der Waals surface area contributed by atoms with Gasteiger partial charge in [-0.2, -0.15) is 5.10 Å². The number of benzene rings is 2. The fourth-order valence-electron chi connectivity index (χ4n) is 2.36. The molecule has 2 N–H and O–H groups in total. The van der Waals surface area contributed by atoms with Crippen LogP contribution in [-0.4, -0.2) is 44.2 Å². The predicted octanol–water partition coefficient (Wildman–Crippen LogP) is 1.61. The highest BCUT2D eigenvalue weighted by Crippen LogP contribution is 2.32. The molecule has 130 valence electrons. The SMILES string of the molecule is CN(CCO)c1ccc(/C=N/NC(=O)c2ccc3c(c2)OCO3)cc1. The van der Waals surface area contributed by atoms with Crippen molar-refractivity contribution in [1.29, 1.82) is 0 Å². The summed E-state index contributed by atoms with van der Waals surface area (Å²) in [5, 5.41) is 12.9. The van der Waals surface area contributed by atoms with Crippen molar-refractivity contribution in [3.05, 3.63) is 53.6 Å². The molecule has 0 aliphatic carbocycles. The van der Waals surface area contributed by atoms with Gasteiger partial charge in [-0.25, -0.2) is 5.43 Å². The van der Waals surface area contributed by atoms with E-state index in [-0.39, 0.29) is 19.3 Å². The maximum atomic E-state index is 12.1. The summed E-state index contributed by atoms with van der Waals surface area (Å²) in [4.78, 5) is 14.0. The maximum absolute atomic E-state index is 12.1. The molecule has 0 aromatic heterocycles. The first-order valence-electron chi connectivity index (χ1n) is 7.82. The lowest BCUT2D eigenvalue weighted by Gasteiger charge is -2.17. The summed E-state index contributed by atoms with van der Waals surface area (Å²) in [7, 11) is 1.91. The zero-order chi connectivity index (χ0) is 17.6. The van der Waals surface area contributed by atoms with Crippen LogP contribution in [0.15, 0.2) is 47.6 Å². The molecule has 1 amide bonds. The van der Waals surface area contributed by atoms with Crippen molar-refractivity contribution >= 4 is 17.8 Å². The fourth-order valence-corrected chi connectivity index (χ4v) is 2.36. The Hall–Kier alpha value is -3.06. The van der Waals surface area contributed by atoms with Crippen LogP contribution in [0.25, 0.3) is 0 Å². The molecule has 0 spiro atoms. The molecule has 25 heavy (non-hydrogen) atoms. The van der Waals surface area contributed by atoms with Gasteiger partial charge in [-0.05, 0) is 35.9 Å². The molecule has 2 aromatic rings. The molecular formula is C18H19N3O4. The topological polar surface area (TPSA) is 83.4 Å². The first-order chi connectivity index (χ1) is 12.2.